The molecule has 8 heteroatoms. The lowest BCUT2D eigenvalue weighted by molar-refractivity contribution is -0.147. The maximum atomic E-state index is 13.0. The zero-order valence-corrected chi connectivity index (χ0v) is 16.9. The van der Waals surface area contributed by atoms with E-state index in [-0.39, 0.29) is 17.3 Å². The van der Waals surface area contributed by atoms with E-state index < -0.39 is 33.1 Å². The molecule has 1 aromatic carbocycles. The highest BCUT2D eigenvalue weighted by Gasteiger charge is 2.43. The normalized spacial score (nSPS) is 18.7. The number of amides is 2. The van der Waals surface area contributed by atoms with Gasteiger partial charge in [-0.25, -0.2) is 8.42 Å². The van der Waals surface area contributed by atoms with Gasteiger partial charge in [0, 0.05) is 23.8 Å². The van der Waals surface area contributed by atoms with Gasteiger partial charge in [-0.05, 0) is 58.4 Å². The zero-order valence-electron chi connectivity index (χ0n) is 16.1. The first-order chi connectivity index (χ1) is 12.5. The standard InChI is InChI=1S/C19H26N2O5S/c1-5-21(16-10-11-27(25,26)12-16)18(24)19(3,4)17(23)20-15-8-6-14(7-9-15)13(2)22/h6-9,16H,5,10-12H2,1-4H3,(H,20,23). The number of nitrogens with zero attached hydrogens (tertiary/aromatic N) is 1. The number of rotatable bonds is 6. The van der Waals surface area contributed by atoms with Crippen LogP contribution in [0.15, 0.2) is 24.3 Å². The van der Waals surface area contributed by atoms with Crippen molar-refractivity contribution in [3.8, 4) is 0 Å². The Kier molecular flexibility index (Phi) is 6.09. The van der Waals surface area contributed by atoms with Gasteiger partial charge in [-0.2, -0.15) is 0 Å². The molecule has 1 unspecified atom stereocenters. The van der Waals surface area contributed by atoms with Gasteiger partial charge in [-0.1, -0.05) is 0 Å². The minimum absolute atomic E-state index is 0.0587. The molecule has 0 spiro atoms. The van der Waals surface area contributed by atoms with Crippen LogP contribution >= 0.6 is 0 Å². The largest absolute Gasteiger partial charge is 0.338 e. The number of hydrogen-bond acceptors (Lipinski definition) is 5. The smallest absolute Gasteiger partial charge is 0.239 e. The molecule has 27 heavy (non-hydrogen) atoms. The first kappa shape index (κ1) is 21.1. The van der Waals surface area contributed by atoms with Crippen molar-refractivity contribution in [1.82, 2.24) is 4.90 Å². The molecular formula is C19H26N2O5S. The second-order valence-corrected chi connectivity index (χ2v) is 9.59. The van der Waals surface area contributed by atoms with Gasteiger partial charge < -0.3 is 10.2 Å². The summed E-state index contributed by atoms with van der Waals surface area (Å²) < 4.78 is 23.5. The van der Waals surface area contributed by atoms with Crippen LogP contribution in [0.2, 0.25) is 0 Å². The van der Waals surface area contributed by atoms with Gasteiger partial charge in [0.1, 0.15) is 5.41 Å². The Morgan fingerprint density at radius 1 is 1.19 bits per heavy atom. The summed E-state index contributed by atoms with van der Waals surface area (Å²) in [6, 6.07) is 6.03. The first-order valence-corrected chi connectivity index (χ1v) is 10.7. The number of carbonyl (C=O) groups is 3. The van der Waals surface area contributed by atoms with Gasteiger partial charge in [-0.3, -0.25) is 14.4 Å². The summed E-state index contributed by atoms with van der Waals surface area (Å²) >= 11 is 0. The Labute approximate surface area is 160 Å². The summed E-state index contributed by atoms with van der Waals surface area (Å²) in [5.74, 6) is -0.950. The summed E-state index contributed by atoms with van der Waals surface area (Å²) in [7, 11) is -3.13. The molecule has 0 saturated carbocycles. The van der Waals surface area contributed by atoms with E-state index in [1.807, 2.05) is 0 Å². The Hall–Kier alpha value is -2.22. The van der Waals surface area contributed by atoms with Crippen molar-refractivity contribution < 1.29 is 22.8 Å². The predicted octanol–water partition coefficient (Wildman–Crippen LogP) is 1.89. The molecule has 7 nitrogen and oxygen atoms in total. The Morgan fingerprint density at radius 2 is 1.78 bits per heavy atom. The molecule has 1 aliphatic heterocycles. The highest BCUT2D eigenvalue weighted by Crippen LogP contribution is 2.26. The molecule has 2 amide bonds. The fraction of sp³-hybridized carbons (Fsp3) is 0.526. The van der Waals surface area contributed by atoms with E-state index in [4.69, 9.17) is 0 Å². The van der Waals surface area contributed by atoms with Crippen LogP contribution < -0.4 is 5.32 Å². The number of carbonyl (C=O) groups excluding carboxylic acids is 3. The summed E-state index contributed by atoms with van der Waals surface area (Å²) in [6.45, 7) is 6.62. The van der Waals surface area contributed by atoms with Crippen molar-refractivity contribution in [1.29, 1.82) is 0 Å². The molecule has 0 aromatic heterocycles. The fourth-order valence-corrected chi connectivity index (χ4v) is 4.85. The Morgan fingerprint density at radius 3 is 2.22 bits per heavy atom. The van der Waals surface area contributed by atoms with E-state index in [1.165, 1.54) is 25.7 Å². The number of Topliss-reactive ketones (excluding diaryl/α,β-unsaturated/α-hetero) is 1. The van der Waals surface area contributed by atoms with Crippen LogP contribution in [0.5, 0.6) is 0 Å². The van der Waals surface area contributed by atoms with E-state index >= 15 is 0 Å². The molecule has 1 aliphatic rings. The van der Waals surface area contributed by atoms with E-state index in [9.17, 15) is 22.8 Å². The summed E-state index contributed by atoms with van der Waals surface area (Å²) in [4.78, 5) is 38.5. The second kappa shape index (κ2) is 7.80. The molecule has 1 fully saturated rings. The van der Waals surface area contributed by atoms with Crippen molar-refractivity contribution >= 4 is 33.1 Å². The Bertz CT molecular complexity index is 843. The molecule has 0 radical (unpaired) electrons. The fourth-order valence-electron chi connectivity index (χ4n) is 3.12. The molecule has 1 N–H and O–H groups in total. The highest BCUT2D eigenvalue weighted by atomic mass is 32.2. The lowest BCUT2D eigenvalue weighted by atomic mass is 9.89. The van der Waals surface area contributed by atoms with Crippen LogP contribution in [0.1, 0.15) is 44.5 Å². The number of benzene rings is 1. The number of nitrogens with one attached hydrogen (secondary N) is 1. The molecule has 148 valence electrons. The summed E-state index contributed by atoms with van der Waals surface area (Å²) in [5.41, 5.74) is -0.345. The molecule has 1 saturated heterocycles. The van der Waals surface area contributed by atoms with Crippen molar-refractivity contribution in [2.45, 2.75) is 40.2 Å². The van der Waals surface area contributed by atoms with E-state index in [2.05, 4.69) is 5.32 Å². The third kappa shape index (κ3) is 4.74. The lowest BCUT2D eigenvalue weighted by Crippen LogP contribution is -2.51. The van der Waals surface area contributed by atoms with Crippen LogP contribution in [0.4, 0.5) is 5.69 Å². The molecule has 1 heterocycles. The minimum atomic E-state index is -3.13. The topological polar surface area (TPSA) is 101 Å². The van der Waals surface area contributed by atoms with Crippen LogP contribution in [-0.2, 0) is 19.4 Å². The monoisotopic (exact) mass is 394 g/mol. The van der Waals surface area contributed by atoms with Gasteiger partial charge in [-0.15, -0.1) is 0 Å². The van der Waals surface area contributed by atoms with Crippen molar-refractivity contribution in [3.05, 3.63) is 29.8 Å². The molecule has 1 atom stereocenters. The molecule has 1 aromatic rings. The average Bonchev–Trinajstić information content (AvgIpc) is 2.95. The van der Waals surface area contributed by atoms with Crippen molar-refractivity contribution in [2.75, 3.05) is 23.4 Å². The number of ketones is 1. The third-order valence-electron chi connectivity index (χ3n) is 4.90. The third-order valence-corrected chi connectivity index (χ3v) is 6.65. The van der Waals surface area contributed by atoms with E-state index in [1.54, 1.807) is 31.2 Å². The van der Waals surface area contributed by atoms with Crippen LogP contribution in [0, 0.1) is 5.41 Å². The van der Waals surface area contributed by atoms with E-state index in [0.29, 0.717) is 24.2 Å². The molecule has 0 bridgehead atoms. The van der Waals surface area contributed by atoms with Crippen molar-refractivity contribution in [2.24, 2.45) is 5.41 Å². The molecular weight excluding hydrogens is 368 g/mol. The minimum Gasteiger partial charge on any atom is -0.338 e. The summed E-state index contributed by atoms with van der Waals surface area (Å²) in [5, 5.41) is 2.70. The molecule has 0 aliphatic carbocycles. The Balaban J connectivity index is 2.13. The van der Waals surface area contributed by atoms with Gasteiger partial charge in [0.15, 0.2) is 15.6 Å². The van der Waals surface area contributed by atoms with Gasteiger partial charge in [0.05, 0.1) is 11.5 Å². The average molecular weight is 394 g/mol. The molecule has 2 rings (SSSR count). The van der Waals surface area contributed by atoms with Crippen LogP contribution in [-0.4, -0.2) is 55.0 Å². The first-order valence-electron chi connectivity index (χ1n) is 8.92. The van der Waals surface area contributed by atoms with Gasteiger partial charge >= 0.3 is 0 Å². The summed E-state index contributed by atoms with van der Waals surface area (Å²) in [6.07, 6.45) is 0.395. The SMILES string of the molecule is CCN(C(=O)C(C)(C)C(=O)Nc1ccc(C(C)=O)cc1)C1CCS(=O)(=O)C1. The van der Waals surface area contributed by atoms with Crippen LogP contribution in [0.3, 0.4) is 0 Å². The lowest BCUT2D eigenvalue weighted by Gasteiger charge is -2.34. The number of anilines is 1. The predicted molar refractivity (Wildman–Crippen MR) is 103 cm³/mol. The zero-order chi connectivity index (χ0) is 20.4. The maximum Gasteiger partial charge on any atom is 0.239 e. The van der Waals surface area contributed by atoms with Gasteiger partial charge in [0.25, 0.3) is 0 Å². The maximum absolute atomic E-state index is 13.0. The van der Waals surface area contributed by atoms with E-state index in [0.717, 1.165) is 0 Å². The van der Waals surface area contributed by atoms with Crippen LogP contribution in [0.25, 0.3) is 0 Å². The quantitative estimate of drug-likeness (QED) is 0.587. The number of hydrogen-bond donors (Lipinski definition) is 1. The highest BCUT2D eigenvalue weighted by molar-refractivity contribution is 7.91. The number of sulfone groups is 1. The second-order valence-electron chi connectivity index (χ2n) is 7.36. The van der Waals surface area contributed by atoms with Gasteiger partial charge in [0.2, 0.25) is 11.8 Å². The van der Waals surface area contributed by atoms with Crippen molar-refractivity contribution in [3.63, 3.8) is 0 Å².